The van der Waals surface area contributed by atoms with Crippen LogP contribution in [0.1, 0.15) is 19.8 Å². The monoisotopic (exact) mass is 304 g/mol. The number of hydrogen-bond donors (Lipinski definition) is 1. The van der Waals surface area contributed by atoms with Gasteiger partial charge in [0.05, 0.1) is 13.7 Å². The molecule has 2 fully saturated rings. The molecule has 2 aliphatic rings. The van der Waals surface area contributed by atoms with Crippen LogP contribution in [0.15, 0.2) is 24.3 Å². The number of anilines is 1. The number of morpholine rings is 1. The summed E-state index contributed by atoms with van der Waals surface area (Å²) in [6.07, 6.45) is 2.01. The van der Waals surface area contributed by atoms with Crippen molar-refractivity contribution in [1.29, 1.82) is 0 Å². The molecule has 0 radical (unpaired) electrons. The number of methoxy groups -OCH3 is 1. The van der Waals surface area contributed by atoms with Crippen LogP contribution in [0.4, 0.5) is 5.69 Å². The van der Waals surface area contributed by atoms with E-state index in [0.29, 0.717) is 19.1 Å². The Balaban J connectivity index is 1.83. The van der Waals surface area contributed by atoms with Gasteiger partial charge in [0.15, 0.2) is 0 Å². The minimum absolute atomic E-state index is 0.0526. The first-order valence-corrected chi connectivity index (χ1v) is 8.00. The van der Waals surface area contributed by atoms with Crippen molar-refractivity contribution in [3.63, 3.8) is 0 Å². The summed E-state index contributed by atoms with van der Waals surface area (Å²) >= 11 is 0. The van der Waals surface area contributed by atoms with E-state index in [1.165, 1.54) is 12.8 Å². The first-order valence-electron chi connectivity index (χ1n) is 8.00. The molecule has 1 aliphatic heterocycles. The highest BCUT2D eigenvalue weighted by atomic mass is 16.5. The molecule has 1 saturated carbocycles. The van der Waals surface area contributed by atoms with Gasteiger partial charge in [-0.1, -0.05) is 0 Å². The molecular formula is C17H24N2O3. The fourth-order valence-corrected chi connectivity index (χ4v) is 2.97. The van der Waals surface area contributed by atoms with Crippen LogP contribution >= 0.6 is 0 Å². The van der Waals surface area contributed by atoms with Gasteiger partial charge in [0.25, 0.3) is 5.91 Å². The van der Waals surface area contributed by atoms with Crippen molar-refractivity contribution in [2.24, 2.45) is 5.92 Å². The molecule has 0 spiro atoms. The van der Waals surface area contributed by atoms with Gasteiger partial charge in [-0.25, -0.2) is 0 Å². The molecule has 0 aromatic heterocycles. The molecule has 22 heavy (non-hydrogen) atoms. The molecule has 1 amide bonds. The molecule has 1 heterocycles. The first kappa shape index (κ1) is 15.3. The summed E-state index contributed by atoms with van der Waals surface area (Å²) < 4.78 is 10.9. The number of hydrogen-bond acceptors (Lipinski definition) is 4. The average Bonchev–Trinajstić information content (AvgIpc) is 3.41. The number of nitrogens with one attached hydrogen (secondary N) is 1. The summed E-state index contributed by atoms with van der Waals surface area (Å²) in [5.74, 6) is 1.45. The zero-order valence-corrected chi connectivity index (χ0v) is 13.2. The zero-order chi connectivity index (χ0) is 15.5. The summed E-state index contributed by atoms with van der Waals surface area (Å²) in [4.78, 5) is 14.9. The van der Waals surface area contributed by atoms with Gasteiger partial charge in [0, 0.05) is 24.8 Å². The number of carbonyl (C=O) groups excluding carboxylic acids is 1. The minimum atomic E-state index is -0.392. The number of ether oxygens (including phenoxy) is 2. The molecule has 5 heteroatoms. The van der Waals surface area contributed by atoms with Crippen LogP contribution in [0.5, 0.6) is 5.75 Å². The molecular weight excluding hydrogens is 280 g/mol. The number of carbonyl (C=O) groups is 1. The van der Waals surface area contributed by atoms with E-state index in [0.717, 1.165) is 18.0 Å². The minimum Gasteiger partial charge on any atom is -0.497 e. The quantitative estimate of drug-likeness (QED) is 0.901. The van der Waals surface area contributed by atoms with Gasteiger partial charge >= 0.3 is 0 Å². The van der Waals surface area contributed by atoms with Gasteiger partial charge in [-0.15, -0.1) is 0 Å². The average molecular weight is 304 g/mol. The second-order valence-corrected chi connectivity index (χ2v) is 6.05. The van der Waals surface area contributed by atoms with Crippen molar-refractivity contribution in [3.8, 4) is 5.75 Å². The van der Waals surface area contributed by atoms with Crippen LogP contribution in [0.3, 0.4) is 0 Å². The predicted molar refractivity (Wildman–Crippen MR) is 85.3 cm³/mol. The highest BCUT2D eigenvalue weighted by Crippen LogP contribution is 2.37. The molecule has 1 aromatic rings. The maximum atomic E-state index is 13.0. The van der Waals surface area contributed by atoms with E-state index in [9.17, 15) is 4.79 Å². The van der Waals surface area contributed by atoms with Gasteiger partial charge in [-0.2, -0.15) is 0 Å². The SMILES string of the molecule is COc1ccc(N(C(=O)C2CNCCO2)C(C)C2CC2)cc1. The van der Waals surface area contributed by atoms with Gasteiger partial charge < -0.3 is 19.7 Å². The molecule has 120 valence electrons. The largest absolute Gasteiger partial charge is 0.497 e. The predicted octanol–water partition coefficient (Wildman–Crippen LogP) is 1.82. The molecule has 1 N–H and O–H groups in total. The van der Waals surface area contributed by atoms with Crippen LogP contribution in [-0.4, -0.2) is 44.9 Å². The Morgan fingerprint density at radius 3 is 2.64 bits per heavy atom. The van der Waals surface area contributed by atoms with Crippen LogP contribution in [0, 0.1) is 5.92 Å². The normalized spacial score (nSPS) is 22.9. The highest BCUT2D eigenvalue weighted by Gasteiger charge is 2.38. The van der Waals surface area contributed by atoms with E-state index in [1.807, 2.05) is 29.2 Å². The number of amides is 1. The molecule has 5 nitrogen and oxygen atoms in total. The highest BCUT2D eigenvalue weighted by molar-refractivity contribution is 5.97. The first-order chi connectivity index (χ1) is 10.7. The summed E-state index contributed by atoms with van der Waals surface area (Å²) in [6, 6.07) is 7.90. The van der Waals surface area contributed by atoms with Gasteiger partial charge in [0.2, 0.25) is 0 Å². The Morgan fingerprint density at radius 1 is 1.36 bits per heavy atom. The molecule has 0 bridgehead atoms. The lowest BCUT2D eigenvalue weighted by Gasteiger charge is -2.34. The third kappa shape index (κ3) is 3.25. The Bertz CT molecular complexity index is 507. The molecule has 2 unspecified atom stereocenters. The lowest BCUT2D eigenvalue weighted by atomic mass is 10.1. The molecule has 1 aliphatic carbocycles. The summed E-state index contributed by atoms with van der Waals surface area (Å²) in [6.45, 7) is 4.12. The van der Waals surface area contributed by atoms with Gasteiger partial charge in [-0.3, -0.25) is 4.79 Å². The lowest BCUT2D eigenvalue weighted by molar-refractivity contribution is -0.132. The lowest BCUT2D eigenvalue weighted by Crippen LogP contribution is -2.52. The molecule has 3 rings (SSSR count). The Labute approximate surface area is 131 Å². The fraction of sp³-hybridized carbons (Fsp3) is 0.588. The number of benzene rings is 1. The van der Waals surface area contributed by atoms with E-state index in [2.05, 4.69) is 12.2 Å². The standard InChI is InChI=1S/C17H24N2O3/c1-12(13-3-4-13)19(14-5-7-15(21-2)8-6-14)17(20)16-11-18-9-10-22-16/h5-8,12-13,16,18H,3-4,9-11H2,1-2H3. The Morgan fingerprint density at radius 2 is 2.09 bits per heavy atom. The van der Waals surface area contributed by atoms with Crippen molar-refractivity contribution in [3.05, 3.63) is 24.3 Å². The maximum Gasteiger partial charge on any atom is 0.257 e. The van der Waals surface area contributed by atoms with E-state index < -0.39 is 6.10 Å². The summed E-state index contributed by atoms with van der Waals surface area (Å²) in [5, 5.41) is 3.23. The molecule has 2 atom stereocenters. The summed E-state index contributed by atoms with van der Waals surface area (Å²) in [7, 11) is 1.65. The maximum absolute atomic E-state index is 13.0. The van der Waals surface area contributed by atoms with E-state index in [4.69, 9.17) is 9.47 Å². The Hall–Kier alpha value is -1.59. The van der Waals surface area contributed by atoms with E-state index >= 15 is 0 Å². The van der Waals surface area contributed by atoms with Crippen molar-refractivity contribution in [1.82, 2.24) is 5.32 Å². The second-order valence-electron chi connectivity index (χ2n) is 6.05. The molecule has 1 saturated heterocycles. The van der Waals surface area contributed by atoms with Gasteiger partial charge in [0.1, 0.15) is 11.9 Å². The number of nitrogens with zero attached hydrogens (tertiary/aromatic N) is 1. The third-order valence-electron chi connectivity index (χ3n) is 4.50. The zero-order valence-electron chi connectivity index (χ0n) is 13.2. The van der Waals surface area contributed by atoms with Crippen molar-refractivity contribution in [2.45, 2.75) is 31.9 Å². The third-order valence-corrected chi connectivity index (χ3v) is 4.50. The Kier molecular flexibility index (Phi) is 4.64. The van der Waals surface area contributed by atoms with Crippen LogP contribution < -0.4 is 15.0 Å². The number of rotatable bonds is 5. The topological polar surface area (TPSA) is 50.8 Å². The van der Waals surface area contributed by atoms with Crippen molar-refractivity contribution >= 4 is 11.6 Å². The van der Waals surface area contributed by atoms with E-state index in [1.54, 1.807) is 7.11 Å². The van der Waals surface area contributed by atoms with Crippen LogP contribution in [0.2, 0.25) is 0 Å². The fourth-order valence-electron chi connectivity index (χ4n) is 2.97. The summed E-state index contributed by atoms with van der Waals surface area (Å²) in [5.41, 5.74) is 0.916. The van der Waals surface area contributed by atoms with Crippen LogP contribution in [-0.2, 0) is 9.53 Å². The van der Waals surface area contributed by atoms with Crippen molar-refractivity contribution in [2.75, 3.05) is 31.7 Å². The van der Waals surface area contributed by atoms with Crippen molar-refractivity contribution < 1.29 is 14.3 Å². The second kappa shape index (κ2) is 6.67. The van der Waals surface area contributed by atoms with E-state index in [-0.39, 0.29) is 11.9 Å². The molecule has 1 aromatic carbocycles. The van der Waals surface area contributed by atoms with Crippen LogP contribution in [0.25, 0.3) is 0 Å². The smallest absolute Gasteiger partial charge is 0.257 e. The van der Waals surface area contributed by atoms with Gasteiger partial charge in [-0.05, 0) is 49.9 Å².